The number of halogens is 1. The minimum atomic E-state index is 0.712. The van der Waals surface area contributed by atoms with E-state index in [4.69, 9.17) is 4.74 Å². The molecule has 0 fully saturated rings. The van der Waals surface area contributed by atoms with Crippen molar-refractivity contribution in [1.82, 2.24) is 9.55 Å². The summed E-state index contributed by atoms with van der Waals surface area (Å²) >= 11 is 3.45. The molecule has 0 saturated heterocycles. The van der Waals surface area contributed by atoms with Crippen LogP contribution in [0.15, 0.2) is 35.2 Å². The number of imidazole rings is 1. The van der Waals surface area contributed by atoms with Crippen molar-refractivity contribution >= 4 is 21.6 Å². The van der Waals surface area contributed by atoms with Crippen molar-refractivity contribution < 1.29 is 4.74 Å². The van der Waals surface area contributed by atoms with E-state index in [1.54, 1.807) is 13.4 Å². The molecule has 4 nitrogen and oxygen atoms in total. The fraction of sp³-hybridized carbons (Fsp3) is 0.250. The molecule has 0 bridgehead atoms. The topological polar surface area (TPSA) is 39.1 Å². The maximum atomic E-state index is 5.29. The van der Waals surface area contributed by atoms with E-state index >= 15 is 0 Å². The Morgan fingerprint density at radius 1 is 1.47 bits per heavy atom. The van der Waals surface area contributed by atoms with E-state index < -0.39 is 0 Å². The molecule has 0 unspecified atom stereocenters. The molecule has 0 aliphatic rings. The van der Waals surface area contributed by atoms with Crippen molar-refractivity contribution in [2.45, 2.75) is 6.54 Å². The first-order chi connectivity index (χ1) is 8.20. The zero-order chi connectivity index (χ0) is 12.3. The molecule has 0 amide bonds. The summed E-state index contributed by atoms with van der Waals surface area (Å²) in [5, 5.41) is 3.33. The molecule has 0 radical (unpaired) electrons. The molecule has 2 aromatic rings. The lowest BCUT2D eigenvalue weighted by Crippen LogP contribution is -2.05. The van der Waals surface area contributed by atoms with Gasteiger partial charge in [-0.1, -0.05) is 15.9 Å². The van der Waals surface area contributed by atoms with Gasteiger partial charge in [0.15, 0.2) is 0 Å². The van der Waals surface area contributed by atoms with E-state index in [9.17, 15) is 0 Å². The van der Waals surface area contributed by atoms with E-state index in [1.165, 1.54) is 0 Å². The maximum absolute atomic E-state index is 5.29. The van der Waals surface area contributed by atoms with Crippen molar-refractivity contribution in [2.75, 3.05) is 12.4 Å². The van der Waals surface area contributed by atoms with Gasteiger partial charge in [-0.05, 0) is 18.2 Å². The zero-order valence-corrected chi connectivity index (χ0v) is 11.4. The molecule has 17 heavy (non-hydrogen) atoms. The van der Waals surface area contributed by atoms with E-state index in [2.05, 4.69) is 26.2 Å². The van der Waals surface area contributed by atoms with Crippen LogP contribution < -0.4 is 10.1 Å². The number of nitrogens with zero attached hydrogens (tertiary/aromatic N) is 2. The number of anilines is 1. The number of hydrogen-bond donors (Lipinski definition) is 1. The van der Waals surface area contributed by atoms with Gasteiger partial charge in [0.2, 0.25) is 0 Å². The third kappa shape index (κ3) is 2.79. The third-order valence-electron chi connectivity index (χ3n) is 2.54. The molecule has 1 aromatic heterocycles. The lowest BCUT2D eigenvalue weighted by molar-refractivity contribution is 0.416. The van der Waals surface area contributed by atoms with E-state index in [0.29, 0.717) is 6.54 Å². The fourth-order valence-corrected chi connectivity index (χ4v) is 1.92. The number of hydrogen-bond acceptors (Lipinski definition) is 3. The molecule has 0 spiro atoms. The third-order valence-corrected chi connectivity index (χ3v) is 3.03. The molecular formula is C12H14BrN3O. The lowest BCUT2D eigenvalue weighted by Gasteiger charge is -2.11. The molecule has 0 aliphatic carbocycles. The van der Waals surface area contributed by atoms with Crippen molar-refractivity contribution in [3.63, 3.8) is 0 Å². The summed E-state index contributed by atoms with van der Waals surface area (Å²) in [7, 11) is 3.64. The Balaban J connectivity index is 2.13. The lowest BCUT2D eigenvalue weighted by atomic mass is 10.3. The van der Waals surface area contributed by atoms with Crippen LogP contribution in [0.4, 0.5) is 5.69 Å². The second-order valence-corrected chi connectivity index (χ2v) is 4.61. The molecule has 0 aliphatic heterocycles. The van der Waals surface area contributed by atoms with Crippen LogP contribution in [0.2, 0.25) is 0 Å². The van der Waals surface area contributed by atoms with Gasteiger partial charge in [-0.25, -0.2) is 4.98 Å². The first kappa shape index (κ1) is 12.0. The molecule has 5 heteroatoms. The number of aromatic nitrogens is 2. The van der Waals surface area contributed by atoms with Gasteiger partial charge < -0.3 is 14.6 Å². The van der Waals surface area contributed by atoms with E-state index in [0.717, 1.165) is 21.6 Å². The molecule has 2 rings (SSSR count). The summed E-state index contributed by atoms with van der Waals surface area (Å²) in [6.45, 7) is 0.712. The number of methoxy groups -OCH3 is 1. The van der Waals surface area contributed by atoms with Crippen LogP contribution in [0.25, 0.3) is 0 Å². The average molecular weight is 296 g/mol. The quantitative estimate of drug-likeness (QED) is 0.943. The first-order valence-corrected chi connectivity index (χ1v) is 6.02. The van der Waals surface area contributed by atoms with E-state index in [-0.39, 0.29) is 0 Å². The molecule has 0 saturated carbocycles. The van der Waals surface area contributed by atoms with Crippen LogP contribution in [0.1, 0.15) is 5.69 Å². The Morgan fingerprint density at radius 3 is 2.94 bits per heavy atom. The zero-order valence-electron chi connectivity index (χ0n) is 9.77. The van der Waals surface area contributed by atoms with Crippen LogP contribution in [0, 0.1) is 0 Å². The van der Waals surface area contributed by atoms with Gasteiger partial charge in [-0.15, -0.1) is 0 Å². The Hall–Kier alpha value is -1.49. The summed E-state index contributed by atoms with van der Waals surface area (Å²) in [5.41, 5.74) is 2.08. The number of rotatable bonds is 4. The van der Waals surface area contributed by atoms with Gasteiger partial charge in [0.1, 0.15) is 5.75 Å². The molecular weight excluding hydrogens is 282 g/mol. The predicted molar refractivity (Wildman–Crippen MR) is 71.2 cm³/mol. The summed E-state index contributed by atoms with van der Waals surface area (Å²) in [6.07, 6.45) is 3.63. The van der Waals surface area contributed by atoms with Gasteiger partial charge in [0.25, 0.3) is 0 Å². The van der Waals surface area contributed by atoms with Gasteiger partial charge in [0, 0.05) is 17.7 Å². The average Bonchev–Trinajstić information content (AvgIpc) is 2.72. The van der Waals surface area contributed by atoms with Gasteiger partial charge >= 0.3 is 0 Å². The van der Waals surface area contributed by atoms with Gasteiger partial charge in [0.05, 0.1) is 31.4 Å². The number of nitrogens with one attached hydrogen (secondary N) is 1. The van der Waals surface area contributed by atoms with Crippen LogP contribution in [-0.2, 0) is 13.6 Å². The fourth-order valence-electron chi connectivity index (χ4n) is 1.56. The Morgan fingerprint density at radius 2 is 2.29 bits per heavy atom. The largest absolute Gasteiger partial charge is 0.495 e. The first-order valence-electron chi connectivity index (χ1n) is 5.23. The Kier molecular flexibility index (Phi) is 3.68. The highest BCUT2D eigenvalue weighted by Gasteiger charge is 2.04. The van der Waals surface area contributed by atoms with Gasteiger partial charge in [-0.3, -0.25) is 0 Å². The number of benzene rings is 1. The van der Waals surface area contributed by atoms with Crippen LogP contribution >= 0.6 is 15.9 Å². The Bertz CT molecular complexity index is 510. The second kappa shape index (κ2) is 5.23. The summed E-state index contributed by atoms with van der Waals surface area (Å²) in [4.78, 5) is 4.08. The monoisotopic (exact) mass is 295 g/mol. The SMILES string of the molecule is COc1ccc(Br)cc1NCc1cncn1C. The molecule has 0 atom stereocenters. The smallest absolute Gasteiger partial charge is 0.142 e. The summed E-state index contributed by atoms with van der Waals surface area (Å²) < 4.78 is 8.30. The Labute approximate surface area is 109 Å². The highest BCUT2D eigenvalue weighted by molar-refractivity contribution is 9.10. The molecule has 1 aromatic carbocycles. The van der Waals surface area contributed by atoms with Gasteiger partial charge in [-0.2, -0.15) is 0 Å². The standard InChI is InChI=1S/C12H14BrN3O/c1-16-8-14-6-10(16)7-15-11-5-9(13)3-4-12(11)17-2/h3-6,8,15H,7H2,1-2H3. The van der Waals surface area contributed by atoms with Crippen molar-refractivity contribution in [3.05, 3.63) is 40.9 Å². The minimum Gasteiger partial charge on any atom is -0.495 e. The van der Waals surface area contributed by atoms with Crippen LogP contribution in [0.5, 0.6) is 5.75 Å². The second-order valence-electron chi connectivity index (χ2n) is 3.69. The minimum absolute atomic E-state index is 0.712. The molecule has 1 N–H and O–H groups in total. The van der Waals surface area contributed by atoms with Crippen LogP contribution in [-0.4, -0.2) is 16.7 Å². The van der Waals surface area contributed by atoms with Crippen molar-refractivity contribution in [1.29, 1.82) is 0 Å². The summed E-state index contributed by atoms with van der Waals surface area (Å²) in [5.74, 6) is 0.829. The number of ether oxygens (including phenoxy) is 1. The van der Waals surface area contributed by atoms with Crippen molar-refractivity contribution in [3.8, 4) is 5.75 Å². The van der Waals surface area contributed by atoms with Crippen molar-refractivity contribution in [2.24, 2.45) is 7.05 Å². The molecule has 1 heterocycles. The normalized spacial score (nSPS) is 10.3. The predicted octanol–water partition coefficient (Wildman–Crippen LogP) is 2.80. The van der Waals surface area contributed by atoms with Crippen LogP contribution in [0.3, 0.4) is 0 Å². The van der Waals surface area contributed by atoms with E-state index in [1.807, 2.05) is 36.0 Å². The highest BCUT2D eigenvalue weighted by Crippen LogP contribution is 2.28. The summed E-state index contributed by atoms with van der Waals surface area (Å²) in [6, 6.07) is 5.87. The highest BCUT2D eigenvalue weighted by atomic mass is 79.9. The number of aryl methyl sites for hydroxylation is 1. The molecule has 90 valence electrons. The maximum Gasteiger partial charge on any atom is 0.142 e.